The molecule has 0 bridgehead atoms. The van der Waals surface area contributed by atoms with Crippen molar-refractivity contribution < 1.29 is 10.0 Å². The fourth-order valence-electron chi connectivity index (χ4n) is 1.01. The SMILES string of the molecule is NC(=O)N/N=C/Cn1cc(N([O-])O)c(=O)[nH]c1=O. The molecule has 0 radical (unpaired) electrons. The minimum Gasteiger partial charge on any atom is -0.733 e. The second-order valence-electron chi connectivity index (χ2n) is 2.99. The first-order chi connectivity index (χ1) is 8.41. The third kappa shape index (κ3) is 3.43. The highest BCUT2D eigenvalue weighted by atomic mass is 16.8. The number of nitrogens with zero attached hydrogens (tertiary/aromatic N) is 3. The number of primary amides is 1. The van der Waals surface area contributed by atoms with Crippen LogP contribution in [0.15, 0.2) is 20.9 Å². The highest BCUT2D eigenvalue weighted by Crippen LogP contribution is 1.99. The fraction of sp³-hybridized carbons (Fsp3) is 0.143. The molecule has 0 saturated heterocycles. The van der Waals surface area contributed by atoms with Crippen LogP contribution in [-0.4, -0.2) is 27.0 Å². The first-order valence-corrected chi connectivity index (χ1v) is 4.48. The van der Waals surface area contributed by atoms with Gasteiger partial charge in [0.2, 0.25) is 0 Å². The van der Waals surface area contributed by atoms with Gasteiger partial charge >= 0.3 is 11.7 Å². The predicted octanol–water partition coefficient (Wildman–Crippen LogP) is -2.12. The van der Waals surface area contributed by atoms with Crippen molar-refractivity contribution in [2.45, 2.75) is 6.54 Å². The van der Waals surface area contributed by atoms with Crippen LogP contribution in [0.1, 0.15) is 0 Å². The zero-order chi connectivity index (χ0) is 13.7. The monoisotopic (exact) mass is 257 g/mol. The molecule has 0 aliphatic heterocycles. The maximum atomic E-state index is 11.3. The lowest BCUT2D eigenvalue weighted by Gasteiger charge is -2.20. The molecule has 0 atom stereocenters. The number of urea groups is 1. The fourth-order valence-corrected chi connectivity index (χ4v) is 1.01. The maximum absolute atomic E-state index is 11.3. The quantitative estimate of drug-likeness (QED) is 0.355. The van der Waals surface area contributed by atoms with Gasteiger partial charge in [0.25, 0.3) is 5.56 Å². The second kappa shape index (κ2) is 5.60. The topological polar surface area (TPSA) is 169 Å². The lowest BCUT2D eigenvalue weighted by Crippen LogP contribution is -2.33. The van der Waals surface area contributed by atoms with Crippen LogP contribution in [0.4, 0.5) is 10.5 Å². The summed E-state index contributed by atoms with van der Waals surface area (Å²) in [7, 11) is 0. The molecule has 11 nitrogen and oxygen atoms in total. The first-order valence-electron chi connectivity index (χ1n) is 4.48. The average Bonchev–Trinajstić information content (AvgIpc) is 2.25. The van der Waals surface area contributed by atoms with E-state index in [1.165, 1.54) is 0 Å². The highest BCUT2D eigenvalue weighted by molar-refractivity contribution is 5.72. The molecule has 0 aliphatic carbocycles. The molecule has 0 unspecified atom stereocenters. The van der Waals surface area contributed by atoms with Crippen molar-refractivity contribution in [3.63, 3.8) is 0 Å². The minimum absolute atomic E-state index is 0.156. The lowest BCUT2D eigenvalue weighted by atomic mass is 10.5. The van der Waals surface area contributed by atoms with Crippen LogP contribution < -0.4 is 27.6 Å². The molecular formula is C7H9N6O5-. The number of carbonyl (C=O) groups is 1. The van der Waals surface area contributed by atoms with Gasteiger partial charge in [0, 0.05) is 12.4 Å². The van der Waals surface area contributed by atoms with Crippen LogP contribution in [0, 0.1) is 5.21 Å². The Labute approximate surface area is 98.7 Å². The molecule has 98 valence electrons. The molecule has 18 heavy (non-hydrogen) atoms. The highest BCUT2D eigenvalue weighted by Gasteiger charge is 2.04. The van der Waals surface area contributed by atoms with E-state index >= 15 is 0 Å². The Morgan fingerprint density at radius 2 is 2.39 bits per heavy atom. The standard InChI is InChI=1S/C7H9N6O5/c8-6(15)11-9-1-2-12-3-4(13(17)18)5(14)10-7(12)16/h1,3,17H,2H2,(H3,8,11,15)(H,10,14,16)/q-1/b9-1+. The van der Waals surface area contributed by atoms with Crippen molar-refractivity contribution >= 4 is 17.9 Å². The third-order valence-electron chi connectivity index (χ3n) is 1.74. The number of rotatable bonds is 4. The number of hydrazone groups is 1. The van der Waals surface area contributed by atoms with Crippen molar-refractivity contribution in [1.82, 2.24) is 15.0 Å². The molecule has 1 aromatic rings. The molecule has 1 rings (SSSR count). The summed E-state index contributed by atoms with van der Waals surface area (Å²) in [5.74, 6) is 0. The number of nitrogens with two attached hydrogens (primary N) is 1. The van der Waals surface area contributed by atoms with Crippen molar-refractivity contribution in [3.8, 4) is 0 Å². The number of aromatic nitrogens is 2. The van der Waals surface area contributed by atoms with E-state index in [9.17, 15) is 19.6 Å². The largest absolute Gasteiger partial charge is 0.733 e. The third-order valence-corrected chi connectivity index (χ3v) is 1.74. The minimum atomic E-state index is -1.03. The summed E-state index contributed by atoms with van der Waals surface area (Å²) in [6.07, 6.45) is 1.94. The van der Waals surface area contributed by atoms with Crippen LogP contribution in [0.25, 0.3) is 0 Å². The molecule has 5 N–H and O–H groups in total. The number of H-pyrrole nitrogens is 1. The number of anilines is 1. The van der Waals surface area contributed by atoms with E-state index in [0.717, 1.165) is 17.0 Å². The smallest absolute Gasteiger partial charge is 0.332 e. The second-order valence-corrected chi connectivity index (χ2v) is 2.99. The van der Waals surface area contributed by atoms with Gasteiger partial charge in [-0.1, -0.05) is 0 Å². The van der Waals surface area contributed by atoms with E-state index in [0.29, 0.717) is 0 Å². The normalized spacial score (nSPS) is 10.6. The van der Waals surface area contributed by atoms with Gasteiger partial charge in [-0.25, -0.2) is 15.0 Å². The molecule has 0 spiro atoms. The van der Waals surface area contributed by atoms with Gasteiger partial charge in [-0.2, -0.15) is 5.10 Å². The summed E-state index contributed by atoms with van der Waals surface area (Å²) in [4.78, 5) is 34.4. The van der Waals surface area contributed by atoms with Crippen LogP contribution in [-0.2, 0) is 6.54 Å². The van der Waals surface area contributed by atoms with Crippen LogP contribution in [0.5, 0.6) is 0 Å². The molecule has 0 aromatic carbocycles. The first kappa shape index (κ1) is 13.4. The Kier molecular flexibility index (Phi) is 4.17. The number of carbonyl (C=O) groups excluding carboxylic acids is 1. The van der Waals surface area contributed by atoms with Gasteiger partial charge in [-0.3, -0.25) is 19.6 Å². The molecule has 0 fully saturated rings. The number of nitrogens with one attached hydrogen (secondary N) is 2. The van der Waals surface area contributed by atoms with Gasteiger partial charge in [0.1, 0.15) is 5.69 Å². The summed E-state index contributed by atoms with van der Waals surface area (Å²) in [6, 6.07) is -0.887. The summed E-state index contributed by atoms with van der Waals surface area (Å²) >= 11 is 0. The van der Waals surface area contributed by atoms with Crippen molar-refractivity contribution in [2.75, 3.05) is 5.23 Å². The van der Waals surface area contributed by atoms with Crippen LogP contribution in [0.3, 0.4) is 0 Å². The van der Waals surface area contributed by atoms with E-state index in [4.69, 9.17) is 10.9 Å². The molecule has 1 heterocycles. The number of amides is 2. The Balaban J connectivity index is 2.93. The molecular weight excluding hydrogens is 248 g/mol. The number of aromatic amines is 1. The van der Waals surface area contributed by atoms with Gasteiger partial charge in [-0.05, 0) is 0 Å². The Morgan fingerprint density at radius 3 is 2.94 bits per heavy atom. The summed E-state index contributed by atoms with van der Waals surface area (Å²) < 4.78 is 0.879. The Morgan fingerprint density at radius 1 is 1.72 bits per heavy atom. The number of hydrogen-bond donors (Lipinski definition) is 4. The van der Waals surface area contributed by atoms with E-state index in [-0.39, 0.29) is 6.54 Å². The summed E-state index contributed by atoms with van der Waals surface area (Å²) in [5, 5.41) is 21.9. The summed E-state index contributed by atoms with van der Waals surface area (Å²) in [5.41, 5.74) is 4.11. The molecule has 11 heteroatoms. The maximum Gasteiger partial charge on any atom is 0.332 e. The molecule has 0 aliphatic rings. The molecule has 2 amide bonds. The van der Waals surface area contributed by atoms with Crippen LogP contribution in [0.2, 0.25) is 0 Å². The van der Waals surface area contributed by atoms with E-state index < -0.39 is 28.2 Å². The van der Waals surface area contributed by atoms with Gasteiger partial charge < -0.3 is 16.2 Å². The van der Waals surface area contributed by atoms with Crippen molar-refractivity contribution in [2.24, 2.45) is 10.8 Å². The lowest BCUT2D eigenvalue weighted by molar-refractivity contribution is 0.249. The van der Waals surface area contributed by atoms with Crippen LogP contribution >= 0.6 is 0 Å². The van der Waals surface area contributed by atoms with Gasteiger partial charge in [-0.15, -0.1) is 0 Å². The van der Waals surface area contributed by atoms with E-state index in [1.807, 2.05) is 10.4 Å². The molecule has 0 saturated carbocycles. The zero-order valence-corrected chi connectivity index (χ0v) is 8.86. The van der Waals surface area contributed by atoms with Crippen molar-refractivity contribution in [3.05, 3.63) is 32.2 Å². The van der Waals surface area contributed by atoms with Crippen molar-refractivity contribution in [1.29, 1.82) is 0 Å². The molecule has 1 aromatic heterocycles. The number of hydrogen-bond acceptors (Lipinski definition) is 7. The van der Waals surface area contributed by atoms with E-state index in [1.54, 1.807) is 0 Å². The Hall–Kier alpha value is -2.66. The Bertz CT molecular complexity index is 572. The van der Waals surface area contributed by atoms with E-state index in [2.05, 4.69) is 5.10 Å². The predicted molar refractivity (Wildman–Crippen MR) is 60.2 cm³/mol. The summed E-state index contributed by atoms with van der Waals surface area (Å²) in [6.45, 7) is -0.156. The zero-order valence-electron chi connectivity index (χ0n) is 8.86. The average molecular weight is 257 g/mol. The van der Waals surface area contributed by atoms with Gasteiger partial charge in [0.15, 0.2) is 0 Å². The van der Waals surface area contributed by atoms with Gasteiger partial charge in [0.05, 0.1) is 6.54 Å².